The number of esters is 1. The molecule has 0 unspecified atom stereocenters. The largest absolute Gasteiger partial charge is 0.497 e. The number of nitrogens with one attached hydrogen (secondary N) is 1. The van der Waals surface area contributed by atoms with Gasteiger partial charge in [0, 0.05) is 12.1 Å². The molecule has 0 aromatic heterocycles. The van der Waals surface area contributed by atoms with Crippen LogP contribution < -0.4 is 23.8 Å². The average molecular weight is 467 g/mol. The molecular weight excluding hydrogens is 440 g/mol. The third-order valence-corrected chi connectivity index (χ3v) is 5.84. The van der Waals surface area contributed by atoms with Gasteiger partial charge in [-0.15, -0.1) is 0 Å². The summed E-state index contributed by atoms with van der Waals surface area (Å²) in [7, 11) is 1.65. The number of carbonyl (C=O) groups excluding carboxylic acids is 2. The molecule has 0 radical (unpaired) electrons. The lowest BCUT2D eigenvalue weighted by molar-refractivity contribution is -0.116. The van der Waals surface area contributed by atoms with Crippen LogP contribution in [0.2, 0.25) is 0 Å². The molecule has 0 fully saturated rings. The van der Waals surface area contributed by atoms with E-state index >= 15 is 0 Å². The first-order chi connectivity index (χ1) is 15.1. The zero-order valence-electron chi connectivity index (χ0n) is 18.7. The Morgan fingerprint density at radius 2 is 1.50 bits per heavy atom. The summed E-state index contributed by atoms with van der Waals surface area (Å²) in [6.45, 7) is 1.43. The van der Waals surface area contributed by atoms with Crippen molar-refractivity contribution in [2.24, 2.45) is 0 Å². The number of amides is 1. The van der Waals surface area contributed by atoms with Crippen molar-refractivity contribution in [1.82, 2.24) is 0 Å². The van der Waals surface area contributed by atoms with Crippen molar-refractivity contribution >= 4 is 33.3 Å². The summed E-state index contributed by atoms with van der Waals surface area (Å²) in [5.74, 6) is -0.340. The molecule has 2 aromatic carbocycles. The van der Waals surface area contributed by atoms with Gasteiger partial charge in [-0.3, -0.25) is 9.10 Å². The van der Waals surface area contributed by atoms with Crippen LogP contribution in [0, 0.1) is 0 Å². The smallest absolute Gasteiger partial charge is 0.340 e. The minimum atomic E-state index is -3.83. The van der Waals surface area contributed by atoms with Crippen LogP contribution in [0.15, 0.2) is 36.4 Å². The Balaban J connectivity index is 2.45. The van der Waals surface area contributed by atoms with Gasteiger partial charge in [-0.25, -0.2) is 13.2 Å². The van der Waals surface area contributed by atoms with Crippen molar-refractivity contribution in [3.05, 3.63) is 42.0 Å². The van der Waals surface area contributed by atoms with Crippen molar-refractivity contribution < 1.29 is 37.0 Å². The Hall–Kier alpha value is -3.47. The average Bonchev–Trinajstić information content (AvgIpc) is 2.77. The SMILES string of the molecule is COC(=O)c1cc(OC)c(OC)cc1NC(=O)[C@H](C)N(c1ccc(OC)cc1)S(C)(=O)=O. The standard InChI is InChI=1S/C21H26N2O8S/c1-13(23(32(6,26)27)14-7-9-15(28-2)10-8-14)20(24)22-17-12-19(30-4)18(29-3)11-16(17)21(25)31-5/h7-13H,1-6H3,(H,22,24)/t13-/m0/s1. The normalized spacial score (nSPS) is 11.8. The number of methoxy groups -OCH3 is 4. The molecule has 0 heterocycles. The van der Waals surface area contributed by atoms with E-state index in [0.717, 1.165) is 10.6 Å². The summed E-state index contributed by atoms with van der Waals surface area (Å²) in [5.41, 5.74) is 0.368. The predicted octanol–water partition coefficient (Wildman–Crippen LogP) is 2.29. The summed E-state index contributed by atoms with van der Waals surface area (Å²) in [6.07, 6.45) is 0.997. The second kappa shape index (κ2) is 10.2. The molecule has 0 aliphatic rings. The van der Waals surface area contributed by atoms with Gasteiger partial charge in [-0.1, -0.05) is 0 Å². The van der Waals surface area contributed by atoms with Crippen LogP contribution in [-0.4, -0.2) is 61.0 Å². The zero-order chi connectivity index (χ0) is 24.1. The highest BCUT2D eigenvalue weighted by Gasteiger charge is 2.30. The van der Waals surface area contributed by atoms with E-state index in [2.05, 4.69) is 5.32 Å². The number of sulfonamides is 1. The third kappa shape index (κ3) is 5.41. The van der Waals surface area contributed by atoms with Gasteiger partial charge in [0.15, 0.2) is 11.5 Å². The number of hydrogen-bond acceptors (Lipinski definition) is 8. The highest BCUT2D eigenvalue weighted by Crippen LogP contribution is 2.34. The number of anilines is 2. The maximum Gasteiger partial charge on any atom is 0.340 e. The molecule has 11 heteroatoms. The predicted molar refractivity (Wildman–Crippen MR) is 119 cm³/mol. The van der Waals surface area contributed by atoms with Crippen LogP contribution in [-0.2, 0) is 19.6 Å². The third-order valence-electron chi connectivity index (χ3n) is 4.60. The first-order valence-electron chi connectivity index (χ1n) is 9.36. The fraction of sp³-hybridized carbons (Fsp3) is 0.333. The minimum absolute atomic E-state index is 0.0149. The Morgan fingerprint density at radius 3 is 1.97 bits per heavy atom. The number of hydrogen-bond donors (Lipinski definition) is 1. The maximum absolute atomic E-state index is 13.0. The molecule has 0 aliphatic heterocycles. The monoisotopic (exact) mass is 466 g/mol. The summed E-state index contributed by atoms with van der Waals surface area (Å²) >= 11 is 0. The number of ether oxygens (including phenoxy) is 4. The first kappa shape index (κ1) is 24.8. The molecule has 2 rings (SSSR count). The van der Waals surface area contributed by atoms with Crippen molar-refractivity contribution in [3.63, 3.8) is 0 Å². The number of nitrogens with zero attached hydrogens (tertiary/aromatic N) is 1. The summed E-state index contributed by atoms with van der Waals surface area (Å²) in [4.78, 5) is 25.3. The van der Waals surface area contributed by atoms with Crippen LogP contribution >= 0.6 is 0 Å². The molecule has 1 N–H and O–H groups in total. The highest BCUT2D eigenvalue weighted by atomic mass is 32.2. The van der Waals surface area contributed by atoms with Gasteiger partial charge in [0.05, 0.1) is 51.6 Å². The van der Waals surface area contributed by atoms with Crippen LogP contribution in [0.25, 0.3) is 0 Å². The second-order valence-corrected chi connectivity index (χ2v) is 8.53. The zero-order valence-corrected chi connectivity index (χ0v) is 19.5. The molecule has 2 aromatic rings. The fourth-order valence-corrected chi connectivity index (χ4v) is 4.21. The molecule has 1 atom stereocenters. The van der Waals surface area contributed by atoms with E-state index in [9.17, 15) is 18.0 Å². The van der Waals surface area contributed by atoms with E-state index in [1.807, 2.05) is 0 Å². The fourth-order valence-electron chi connectivity index (χ4n) is 3.04. The second-order valence-electron chi connectivity index (χ2n) is 6.67. The van der Waals surface area contributed by atoms with E-state index < -0.39 is 27.9 Å². The van der Waals surface area contributed by atoms with E-state index in [0.29, 0.717) is 5.75 Å². The van der Waals surface area contributed by atoms with Crippen molar-refractivity contribution in [1.29, 1.82) is 0 Å². The van der Waals surface area contributed by atoms with Gasteiger partial charge in [0.25, 0.3) is 0 Å². The lowest BCUT2D eigenvalue weighted by atomic mass is 10.1. The Bertz CT molecular complexity index is 1080. The van der Waals surface area contributed by atoms with Crippen LogP contribution in [0.5, 0.6) is 17.2 Å². The molecule has 0 saturated heterocycles. The maximum atomic E-state index is 13.0. The summed E-state index contributed by atoms with van der Waals surface area (Å²) in [5, 5.41) is 2.59. The Labute approximate surface area is 187 Å². The first-order valence-corrected chi connectivity index (χ1v) is 11.2. The quantitative estimate of drug-likeness (QED) is 0.559. The van der Waals surface area contributed by atoms with Gasteiger partial charge in [0.2, 0.25) is 15.9 Å². The topological polar surface area (TPSA) is 120 Å². The van der Waals surface area contributed by atoms with Crippen molar-refractivity contribution in [2.45, 2.75) is 13.0 Å². The summed E-state index contributed by atoms with van der Waals surface area (Å²) in [6, 6.07) is 7.83. The van der Waals surface area contributed by atoms with Gasteiger partial charge in [-0.2, -0.15) is 0 Å². The number of rotatable bonds is 9. The molecule has 10 nitrogen and oxygen atoms in total. The lowest BCUT2D eigenvalue weighted by Crippen LogP contribution is -2.45. The highest BCUT2D eigenvalue weighted by molar-refractivity contribution is 7.92. The molecule has 0 aliphatic carbocycles. The molecule has 0 bridgehead atoms. The molecule has 0 spiro atoms. The van der Waals surface area contributed by atoms with E-state index in [4.69, 9.17) is 18.9 Å². The molecule has 1 amide bonds. The van der Waals surface area contributed by atoms with Crippen molar-refractivity contribution in [3.8, 4) is 17.2 Å². The number of benzene rings is 2. The van der Waals surface area contributed by atoms with Crippen LogP contribution in [0.3, 0.4) is 0 Å². The minimum Gasteiger partial charge on any atom is -0.497 e. The molecule has 0 saturated carbocycles. The van der Waals surface area contributed by atoms with Crippen LogP contribution in [0.1, 0.15) is 17.3 Å². The van der Waals surface area contributed by atoms with E-state index in [1.54, 1.807) is 12.1 Å². The summed E-state index contributed by atoms with van der Waals surface area (Å²) < 4.78 is 46.3. The lowest BCUT2D eigenvalue weighted by Gasteiger charge is -2.28. The van der Waals surface area contributed by atoms with E-state index in [-0.39, 0.29) is 28.4 Å². The number of carbonyl (C=O) groups is 2. The van der Waals surface area contributed by atoms with Gasteiger partial charge < -0.3 is 24.3 Å². The Kier molecular flexibility index (Phi) is 7.92. The van der Waals surface area contributed by atoms with Gasteiger partial charge in [-0.05, 0) is 31.2 Å². The molecule has 32 heavy (non-hydrogen) atoms. The van der Waals surface area contributed by atoms with Crippen molar-refractivity contribution in [2.75, 3.05) is 44.3 Å². The van der Waals surface area contributed by atoms with E-state index in [1.165, 1.54) is 59.6 Å². The Morgan fingerprint density at radius 1 is 0.938 bits per heavy atom. The molecular formula is C21H26N2O8S. The van der Waals surface area contributed by atoms with Gasteiger partial charge in [0.1, 0.15) is 11.8 Å². The van der Waals surface area contributed by atoms with Gasteiger partial charge >= 0.3 is 5.97 Å². The van der Waals surface area contributed by atoms with Crippen LogP contribution in [0.4, 0.5) is 11.4 Å². The molecule has 174 valence electrons.